The van der Waals surface area contributed by atoms with Crippen LogP contribution in [0.15, 0.2) is 47.4 Å². The van der Waals surface area contributed by atoms with Crippen molar-refractivity contribution in [2.75, 3.05) is 22.5 Å². The summed E-state index contributed by atoms with van der Waals surface area (Å²) in [5.41, 5.74) is 2.18. The van der Waals surface area contributed by atoms with Crippen LogP contribution in [0.25, 0.3) is 0 Å². The first-order valence-electron chi connectivity index (χ1n) is 8.68. The quantitative estimate of drug-likeness (QED) is 0.832. The molecule has 0 saturated heterocycles. The van der Waals surface area contributed by atoms with Gasteiger partial charge in [-0.15, -0.1) is 11.8 Å². The van der Waals surface area contributed by atoms with E-state index in [1.807, 2.05) is 18.2 Å². The van der Waals surface area contributed by atoms with Crippen LogP contribution in [0, 0.1) is 11.8 Å². The van der Waals surface area contributed by atoms with Crippen LogP contribution in [-0.4, -0.2) is 24.1 Å². The summed E-state index contributed by atoms with van der Waals surface area (Å²) in [6.45, 7) is 2.72. The summed E-state index contributed by atoms with van der Waals surface area (Å²) in [6, 6.07) is 12.7. The Balaban J connectivity index is 1.50. The van der Waals surface area contributed by atoms with Crippen molar-refractivity contribution in [2.24, 2.45) is 11.8 Å². The van der Waals surface area contributed by atoms with E-state index in [1.54, 1.807) is 40.9 Å². The lowest BCUT2D eigenvalue weighted by Crippen LogP contribution is -2.35. The molecule has 134 valence electrons. The Morgan fingerprint density at radius 1 is 1.19 bits per heavy atom. The summed E-state index contributed by atoms with van der Waals surface area (Å²) in [6.07, 6.45) is 0.956. The van der Waals surface area contributed by atoms with E-state index in [-0.39, 0.29) is 17.7 Å². The number of nitrogens with zero attached hydrogens (tertiary/aromatic N) is 1. The van der Waals surface area contributed by atoms with Gasteiger partial charge in [0.2, 0.25) is 5.91 Å². The lowest BCUT2D eigenvalue weighted by atomic mass is 10.1. The Bertz CT molecular complexity index is 869. The van der Waals surface area contributed by atoms with E-state index in [1.165, 1.54) is 0 Å². The second-order valence-electron chi connectivity index (χ2n) is 6.80. The molecule has 0 radical (unpaired) electrons. The maximum Gasteiger partial charge on any atom is 0.258 e. The molecule has 1 N–H and O–H groups in total. The fraction of sp³-hybridized carbons (Fsp3) is 0.300. The molecule has 4 rings (SSSR count). The topological polar surface area (TPSA) is 49.4 Å². The minimum Gasteiger partial charge on any atom is -0.326 e. The van der Waals surface area contributed by atoms with Crippen molar-refractivity contribution in [1.29, 1.82) is 0 Å². The summed E-state index contributed by atoms with van der Waals surface area (Å²) in [5, 5.41) is 3.54. The van der Waals surface area contributed by atoms with Gasteiger partial charge in [-0.1, -0.05) is 18.5 Å². The normalized spacial score (nSPS) is 21.1. The lowest BCUT2D eigenvalue weighted by molar-refractivity contribution is -0.117. The molecule has 1 fully saturated rings. The molecule has 0 spiro atoms. The van der Waals surface area contributed by atoms with Gasteiger partial charge in [0.05, 0.1) is 5.69 Å². The molecule has 2 unspecified atom stereocenters. The average molecular weight is 387 g/mol. The van der Waals surface area contributed by atoms with E-state index in [4.69, 9.17) is 11.6 Å². The highest BCUT2D eigenvalue weighted by Gasteiger charge is 2.39. The molecule has 2 aliphatic rings. The van der Waals surface area contributed by atoms with Crippen molar-refractivity contribution in [1.82, 2.24) is 0 Å². The largest absolute Gasteiger partial charge is 0.326 e. The number of thioether (sulfide) groups is 1. The average Bonchev–Trinajstić information content (AvgIpc) is 3.38. The number of halogens is 1. The van der Waals surface area contributed by atoms with Crippen LogP contribution in [0.3, 0.4) is 0 Å². The fourth-order valence-corrected chi connectivity index (χ4v) is 4.32. The molecule has 0 bridgehead atoms. The van der Waals surface area contributed by atoms with E-state index < -0.39 is 0 Å². The van der Waals surface area contributed by atoms with E-state index in [9.17, 15) is 9.59 Å². The van der Waals surface area contributed by atoms with Crippen molar-refractivity contribution < 1.29 is 9.59 Å². The van der Waals surface area contributed by atoms with Crippen LogP contribution in [0.2, 0.25) is 5.02 Å². The molecule has 26 heavy (non-hydrogen) atoms. The highest BCUT2D eigenvalue weighted by Crippen LogP contribution is 2.39. The Hall–Kier alpha value is -1.98. The first-order valence-corrected chi connectivity index (χ1v) is 10.0. The summed E-state index contributed by atoms with van der Waals surface area (Å²) in [7, 11) is 0. The third-order valence-electron chi connectivity index (χ3n) is 4.88. The molecule has 1 saturated carbocycles. The zero-order chi connectivity index (χ0) is 18.3. The maximum atomic E-state index is 13.0. The number of hydrogen-bond acceptors (Lipinski definition) is 3. The number of hydrogen-bond donors (Lipinski definition) is 1. The van der Waals surface area contributed by atoms with Gasteiger partial charge in [-0.05, 0) is 54.8 Å². The molecular weight excluding hydrogens is 368 g/mol. The summed E-state index contributed by atoms with van der Waals surface area (Å²) < 4.78 is 0. The number of anilines is 2. The molecule has 0 aromatic heterocycles. The number of carbonyl (C=O) groups excluding carboxylic acids is 2. The molecular formula is C20H19ClN2O2S. The van der Waals surface area contributed by atoms with E-state index >= 15 is 0 Å². The van der Waals surface area contributed by atoms with Gasteiger partial charge in [-0.3, -0.25) is 9.59 Å². The van der Waals surface area contributed by atoms with E-state index in [0.717, 1.165) is 28.4 Å². The van der Waals surface area contributed by atoms with Gasteiger partial charge in [0.15, 0.2) is 0 Å². The van der Waals surface area contributed by atoms with Crippen molar-refractivity contribution >= 4 is 46.6 Å². The third-order valence-corrected chi connectivity index (χ3v) is 6.15. The first kappa shape index (κ1) is 17.4. The second kappa shape index (κ2) is 6.97. The van der Waals surface area contributed by atoms with Crippen molar-refractivity contribution in [3.05, 3.63) is 53.1 Å². The monoisotopic (exact) mass is 386 g/mol. The maximum absolute atomic E-state index is 13.0. The van der Waals surface area contributed by atoms with Gasteiger partial charge in [-0.2, -0.15) is 0 Å². The predicted molar refractivity (Wildman–Crippen MR) is 106 cm³/mol. The molecule has 4 nitrogen and oxygen atoms in total. The van der Waals surface area contributed by atoms with Crippen LogP contribution in [-0.2, 0) is 4.79 Å². The zero-order valence-electron chi connectivity index (χ0n) is 14.4. The van der Waals surface area contributed by atoms with Gasteiger partial charge in [0.25, 0.3) is 5.91 Å². The molecule has 1 aliphatic heterocycles. The first-order chi connectivity index (χ1) is 12.5. The van der Waals surface area contributed by atoms with Crippen LogP contribution in [0.4, 0.5) is 11.4 Å². The highest BCUT2D eigenvalue weighted by atomic mass is 35.5. The minimum atomic E-state index is -0.0532. The standard InChI is InChI=1S/C20H19ClN2O2S/c1-12-10-16(12)19(24)22-15-5-2-13(3-6-15)20(25)23-8-9-26-18-7-4-14(21)11-17(18)23/h2-7,11-12,16H,8-10H2,1H3,(H,22,24). The molecule has 2 aromatic rings. The second-order valence-corrected chi connectivity index (χ2v) is 8.38. The van der Waals surface area contributed by atoms with Crippen LogP contribution in [0.1, 0.15) is 23.7 Å². The Morgan fingerprint density at radius 2 is 1.92 bits per heavy atom. The molecule has 1 aliphatic carbocycles. The number of fused-ring (bicyclic) bond motifs is 1. The molecule has 6 heteroatoms. The number of carbonyl (C=O) groups is 2. The van der Waals surface area contributed by atoms with Crippen molar-refractivity contribution in [3.8, 4) is 0 Å². The smallest absolute Gasteiger partial charge is 0.258 e. The summed E-state index contributed by atoms with van der Waals surface area (Å²) in [4.78, 5) is 27.8. The van der Waals surface area contributed by atoms with Gasteiger partial charge in [0.1, 0.15) is 0 Å². The van der Waals surface area contributed by atoms with Crippen LogP contribution in [0.5, 0.6) is 0 Å². The van der Waals surface area contributed by atoms with Gasteiger partial charge >= 0.3 is 0 Å². The van der Waals surface area contributed by atoms with Gasteiger partial charge < -0.3 is 10.2 Å². The molecule has 2 aromatic carbocycles. The highest BCUT2D eigenvalue weighted by molar-refractivity contribution is 7.99. The fourth-order valence-electron chi connectivity index (χ4n) is 3.18. The summed E-state index contributed by atoms with van der Waals surface area (Å²) >= 11 is 7.85. The molecule has 1 heterocycles. The zero-order valence-corrected chi connectivity index (χ0v) is 15.9. The minimum absolute atomic E-state index is 0.0532. The number of rotatable bonds is 3. The van der Waals surface area contributed by atoms with E-state index in [0.29, 0.717) is 23.0 Å². The Kier molecular flexibility index (Phi) is 4.67. The van der Waals surface area contributed by atoms with Gasteiger partial charge in [0, 0.05) is 39.4 Å². The van der Waals surface area contributed by atoms with Crippen molar-refractivity contribution in [2.45, 2.75) is 18.2 Å². The van der Waals surface area contributed by atoms with Crippen LogP contribution < -0.4 is 10.2 Å². The van der Waals surface area contributed by atoms with E-state index in [2.05, 4.69) is 12.2 Å². The number of nitrogens with one attached hydrogen (secondary N) is 1. The number of amides is 2. The summed E-state index contributed by atoms with van der Waals surface area (Å²) in [5.74, 6) is 1.47. The third kappa shape index (κ3) is 3.46. The Morgan fingerprint density at radius 3 is 2.62 bits per heavy atom. The van der Waals surface area contributed by atoms with Crippen LogP contribution >= 0.6 is 23.4 Å². The molecule has 2 atom stereocenters. The van der Waals surface area contributed by atoms with Gasteiger partial charge in [-0.25, -0.2) is 0 Å². The SMILES string of the molecule is CC1CC1C(=O)Nc1ccc(C(=O)N2CCSc3ccc(Cl)cc32)cc1. The predicted octanol–water partition coefficient (Wildman–Crippen LogP) is 4.69. The number of benzene rings is 2. The van der Waals surface area contributed by atoms with Crippen molar-refractivity contribution in [3.63, 3.8) is 0 Å². The Labute approximate surface area is 161 Å². The molecule has 2 amide bonds. The lowest BCUT2D eigenvalue weighted by Gasteiger charge is -2.29.